The molecule has 1 N–H and O–H groups in total. The van der Waals surface area contributed by atoms with Crippen LogP contribution >= 0.6 is 0 Å². The summed E-state index contributed by atoms with van der Waals surface area (Å²) in [4.78, 5) is 4.05. The fraction of sp³-hybridized carbons (Fsp3) is 0.184. The first-order valence-corrected chi connectivity index (χ1v) is 19.0. The number of rotatable bonds is 1. The summed E-state index contributed by atoms with van der Waals surface area (Å²) >= 11 is 0. The lowest BCUT2D eigenvalue weighted by atomic mass is 9.57. The van der Waals surface area contributed by atoms with Crippen molar-refractivity contribution in [3.05, 3.63) is 155 Å². The number of aromatic nitrogens is 2. The quantitative estimate of drug-likeness (QED) is 0.168. The van der Waals surface area contributed by atoms with E-state index in [4.69, 9.17) is 0 Å². The standard InChI is InChI=1S/C49H39BN2/c1-26-14-6-10-22-35-39(26)33-25-38-44(50-36-23-13-20-32-41-29-17-9-11-21-34(29)49(4,5)47(41)52(38)46(32)36)42(43(33)48(35,2)3)31-19-12-18-30-40-28-16-8-7-15-27(28)24-37(40)51-45(30)31/h6-23,25-26,50-51H,24H2,1-5H3. The van der Waals surface area contributed by atoms with Gasteiger partial charge in [0.2, 0.25) is 0 Å². The molecular formula is C49H39BN2. The molecule has 5 aliphatic rings. The van der Waals surface area contributed by atoms with Crippen molar-refractivity contribution in [3.8, 4) is 39.1 Å². The fourth-order valence-corrected chi connectivity index (χ4v) is 11.4. The van der Waals surface area contributed by atoms with Gasteiger partial charge in [0, 0.05) is 73.2 Å². The Labute approximate surface area is 305 Å². The highest BCUT2D eigenvalue weighted by Gasteiger charge is 2.46. The molecule has 52 heavy (non-hydrogen) atoms. The first-order chi connectivity index (χ1) is 25.2. The van der Waals surface area contributed by atoms with Crippen LogP contribution in [0.5, 0.6) is 0 Å². The number of H-pyrrole nitrogens is 1. The summed E-state index contributed by atoms with van der Waals surface area (Å²) in [7, 11) is 0.909. The maximum absolute atomic E-state index is 4.05. The minimum absolute atomic E-state index is 0.144. The Morgan fingerprint density at radius 3 is 2.38 bits per heavy atom. The number of allylic oxidation sites excluding steroid dienone is 6. The molecule has 3 heteroatoms. The molecule has 0 amide bonds. The third kappa shape index (κ3) is 3.30. The SMILES string of the molecule is CC1C=CC=CC2=C1c1cc3c(c(-c4cccc5c6c([nH]c45)Cc4ccccc4-6)c1C2(C)C)Bc1cccc2c4c(n-3c12)C(C)(C)c1ccccc1-4. The van der Waals surface area contributed by atoms with Gasteiger partial charge in [-0.25, -0.2) is 0 Å². The molecule has 248 valence electrons. The van der Waals surface area contributed by atoms with Crippen LogP contribution in [0.25, 0.3) is 66.4 Å². The third-order valence-electron chi connectivity index (χ3n) is 13.5. The minimum atomic E-state index is -0.170. The molecule has 0 saturated carbocycles. The Morgan fingerprint density at radius 1 is 0.731 bits per heavy atom. The number of nitrogens with zero attached hydrogens (tertiary/aromatic N) is 1. The molecule has 0 fully saturated rings. The predicted octanol–water partition coefficient (Wildman–Crippen LogP) is 10.2. The summed E-state index contributed by atoms with van der Waals surface area (Å²) in [6, 6.07) is 34.8. The lowest BCUT2D eigenvalue weighted by Gasteiger charge is -2.33. The smallest absolute Gasteiger partial charge is 0.198 e. The van der Waals surface area contributed by atoms with Crippen LogP contribution in [0.15, 0.2) is 121 Å². The number of hydrogen-bond donors (Lipinski definition) is 1. The van der Waals surface area contributed by atoms with Gasteiger partial charge >= 0.3 is 0 Å². The summed E-state index contributed by atoms with van der Waals surface area (Å²) in [5.74, 6) is 0.310. The highest BCUT2D eigenvalue weighted by molar-refractivity contribution is 6.73. The van der Waals surface area contributed by atoms with Crippen LogP contribution in [-0.4, -0.2) is 16.8 Å². The zero-order valence-corrected chi connectivity index (χ0v) is 30.4. The van der Waals surface area contributed by atoms with Gasteiger partial charge in [0.25, 0.3) is 0 Å². The second-order valence-electron chi connectivity index (χ2n) is 16.9. The molecule has 0 spiro atoms. The van der Waals surface area contributed by atoms with Crippen molar-refractivity contribution in [1.82, 2.24) is 9.55 Å². The van der Waals surface area contributed by atoms with Gasteiger partial charge in [-0.1, -0.05) is 149 Å². The predicted molar refractivity (Wildman–Crippen MR) is 220 cm³/mol. The second kappa shape index (κ2) is 9.46. The van der Waals surface area contributed by atoms with E-state index in [9.17, 15) is 0 Å². The molecule has 12 rings (SSSR count). The Kier molecular flexibility index (Phi) is 5.29. The molecule has 0 radical (unpaired) electrons. The highest BCUT2D eigenvalue weighted by Crippen LogP contribution is 2.57. The van der Waals surface area contributed by atoms with E-state index in [1.807, 2.05) is 0 Å². The molecule has 4 aliphatic carbocycles. The zero-order valence-electron chi connectivity index (χ0n) is 30.4. The lowest BCUT2D eigenvalue weighted by Crippen LogP contribution is -2.40. The van der Waals surface area contributed by atoms with Crippen molar-refractivity contribution < 1.29 is 0 Å². The largest absolute Gasteiger partial charge is 0.357 e. The maximum Gasteiger partial charge on any atom is 0.198 e. The number of nitrogens with one attached hydrogen (secondary N) is 1. The minimum Gasteiger partial charge on any atom is -0.357 e. The van der Waals surface area contributed by atoms with E-state index in [0.717, 1.165) is 13.7 Å². The van der Waals surface area contributed by atoms with Crippen LogP contribution in [-0.2, 0) is 17.3 Å². The molecule has 1 atom stereocenters. The fourth-order valence-electron chi connectivity index (χ4n) is 11.4. The number of benzene rings is 5. The van der Waals surface area contributed by atoms with Gasteiger partial charge in [0.05, 0.1) is 5.52 Å². The average Bonchev–Trinajstić information content (AvgIpc) is 3.86. The van der Waals surface area contributed by atoms with Gasteiger partial charge in [0.1, 0.15) is 0 Å². The molecule has 1 aliphatic heterocycles. The van der Waals surface area contributed by atoms with Gasteiger partial charge in [0.15, 0.2) is 7.28 Å². The van der Waals surface area contributed by atoms with E-state index in [2.05, 4.69) is 159 Å². The number of hydrogen-bond acceptors (Lipinski definition) is 0. The monoisotopic (exact) mass is 666 g/mol. The zero-order chi connectivity index (χ0) is 34.8. The van der Waals surface area contributed by atoms with Crippen LogP contribution in [0.4, 0.5) is 0 Å². The first-order valence-electron chi connectivity index (χ1n) is 19.0. The molecule has 2 aromatic heterocycles. The van der Waals surface area contributed by atoms with Crippen molar-refractivity contribution in [2.75, 3.05) is 0 Å². The molecule has 5 aromatic carbocycles. The summed E-state index contributed by atoms with van der Waals surface area (Å²) in [5.41, 5.74) is 26.3. The van der Waals surface area contributed by atoms with Gasteiger partial charge in [-0.05, 0) is 61.6 Å². The van der Waals surface area contributed by atoms with Crippen LogP contribution < -0.4 is 10.9 Å². The molecule has 3 heterocycles. The second-order valence-corrected chi connectivity index (χ2v) is 16.9. The van der Waals surface area contributed by atoms with E-state index in [1.54, 1.807) is 0 Å². The summed E-state index contributed by atoms with van der Waals surface area (Å²) in [6.07, 6.45) is 10.3. The molecule has 2 nitrogen and oxygen atoms in total. The van der Waals surface area contributed by atoms with Crippen molar-refractivity contribution in [2.24, 2.45) is 5.92 Å². The third-order valence-corrected chi connectivity index (χ3v) is 13.5. The van der Waals surface area contributed by atoms with Gasteiger partial charge in [-0.15, -0.1) is 0 Å². The van der Waals surface area contributed by atoms with E-state index in [1.165, 1.54) is 117 Å². The van der Waals surface area contributed by atoms with E-state index < -0.39 is 0 Å². The van der Waals surface area contributed by atoms with Gasteiger partial charge in [-0.3, -0.25) is 0 Å². The van der Waals surface area contributed by atoms with E-state index in [-0.39, 0.29) is 10.8 Å². The molecular weight excluding hydrogens is 627 g/mol. The normalized spacial score (nSPS) is 18.8. The van der Waals surface area contributed by atoms with Crippen molar-refractivity contribution in [1.29, 1.82) is 0 Å². The van der Waals surface area contributed by atoms with Crippen molar-refractivity contribution >= 4 is 45.6 Å². The van der Waals surface area contributed by atoms with Gasteiger partial charge in [-0.2, -0.15) is 0 Å². The number of aromatic amines is 1. The summed E-state index contributed by atoms with van der Waals surface area (Å²) < 4.78 is 2.71. The number of para-hydroxylation sites is 2. The first kappa shape index (κ1) is 29.1. The average molecular weight is 667 g/mol. The van der Waals surface area contributed by atoms with Crippen LogP contribution in [0, 0.1) is 5.92 Å². The van der Waals surface area contributed by atoms with Crippen LogP contribution in [0.2, 0.25) is 0 Å². The topological polar surface area (TPSA) is 20.7 Å². The van der Waals surface area contributed by atoms with Crippen LogP contribution in [0.3, 0.4) is 0 Å². The Hall–Kier alpha value is -5.54. The van der Waals surface area contributed by atoms with Gasteiger partial charge < -0.3 is 9.55 Å². The Balaban J connectivity index is 1.24. The lowest BCUT2D eigenvalue weighted by molar-refractivity contribution is 0.624. The Bertz CT molecular complexity index is 2920. The van der Waals surface area contributed by atoms with E-state index >= 15 is 0 Å². The molecule has 1 unspecified atom stereocenters. The molecule has 0 saturated heterocycles. The molecule has 7 aromatic rings. The summed E-state index contributed by atoms with van der Waals surface area (Å²) in [5, 5.41) is 2.72. The maximum atomic E-state index is 4.05. The Morgan fingerprint density at radius 2 is 1.50 bits per heavy atom. The van der Waals surface area contributed by atoms with E-state index in [0.29, 0.717) is 5.92 Å². The van der Waals surface area contributed by atoms with Crippen molar-refractivity contribution in [3.63, 3.8) is 0 Å². The van der Waals surface area contributed by atoms with Crippen molar-refractivity contribution in [2.45, 2.75) is 51.9 Å². The molecule has 0 bridgehead atoms. The van der Waals surface area contributed by atoms with Crippen LogP contribution in [0.1, 0.15) is 68.3 Å². The number of fused-ring (bicyclic) bond motifs is 14. The summed E-state index contributed by atoms with van der Waals surface area (Å²) in [6.45, 7) is 12.2. The highest BCUT2D eigenvalue weighted by atomic mass is 15.0.